The smallest absolute Gasteiger partial charge is 0.224 e. The molecule has 1 atom stereocenters. The van der Waals surface area contributed by atoms with Gasteiger partial charge in [-0.05, 0) is 49.5 Å². The molecule has 5 heteroatoms. The van der Waals surface area contributed by atoms with Crippen molar-refractivity contribution >= 4 is 29.1 Å². The summed E-state index contributed by atoms with van der Waals surface area (Å²) in [6, 6.07) is 15.1. The van der Waals surface area contributed by atoms with Crippen LogP contribution < -0.4 is 5.32 Å². The normalized spacial score (nSPS) is 12.2. The van der Waals surface area contributed by atoms with E-state index in [0.29, 0.717) is 23.0 Å². The number of likely N-dealkylation sites (N-methyl/N-ethyl adjacent to an activating group) is 1. The predicted octanol–water partition coefficient (Wildman–Crippen LogP) is 3.96. The summed E-state index contributed by atoms with van der Waals surface area (Å²) in [7, 11) is 3.98. The van der Waals surface area contributed by atoms with E-state index in [1.807, 2.05) is 50.5 Å². The van der Waals surface area contributed by atoms with Crippen LogP contribution in [0.15, 0.2) is 48.5 Å². The summed E-state index contributed by atoms with van der Waals surface area (Å²) in [6.07, 6.45) is 0.345. The lowest BCUT2D eigenvalue weighted by molar-refractivity contribution is -0.120. The molecule has 0 heterocycles. The van der Waals surface area contributed by atoms with E-state index in [1.165, 1.54) is 0 Å². The number of carbonyl (C=O) groups excluding carboxylic acids is 1. The van der Waals surface area contributed by atoms with Gasteiger partial charge in [-0.25, -0.2) is 0 Å². The molecule has 0 bridgehead atoms. The highest BCUT2D eigenvalue weighted by Crippen LogP contribution is 2.20. The van der Waals surface area contributed by atoms with Crippen LogP contribution in [0.5, 0.6) is 0 Å². The van der Waals surface area contributed by atoms with Crippen molar-refractivity contribution in [3.63, 3.8) is 0 Å². The number of benzene rings is 2. The number of rotatable bonds is 6. The number of amides is 1. The second-order valence-electron chi connectivity index (χ2n) is 5.64. The van der Waals surface area contributed by atoms with Gasteiger partial charge in [0, 0.05) is 16.6 Å². The van der Waals surface area contributed by atoms with E-state index in [2.05, 4.69) is 10.2 Å². The quantitative estimate of drug-likeness (QED) is 0.855. The molecular weight excluding hydrogens is 331 g/mol. The van der Waals surface area contributed by atoms with Gasteiger partial charge in [-0.1, -0.05) is 47.5 Å². The van der Waals surface area contributed by atoms with Crippen molar-refractivity contribution in [2.75, 3.05) is 20.6 Å². The first kappa shape index (κ1) is 17.8. The van der Waals surface area contributed by atoms with Crippen molar-refractivity contribution in [3.8, 4) is 0 Å². The first-order valence-corrected chi connectivity index (χ1v) is 8.14. The van der Waals surface area contributed by atoms with Gasteiger partial charge >= 0.3 is 0 Å². The zero-order valence-electron chi connectivity index (χ0n) is 13.2. The Labute approximate surface area is 147 Å². The van der Waals surface area contributed by atoms with E-state index in [1.54, 1.807) is 12.1 Å². The summed E-state index contributed by atoms with van der Waals surface area (Å²) < 4.78 is 0. The van der Waals surface area contributed by atoms with E-state index in [4.69, 9.17) is 23.2 Å². The Morgan fingerprint density at radius 2 is 1.52 bits per heavy atom. The second kappa shape index (κ2) is 8.34. The van der Waals surface area contributed by atoms with Crippen LogP contribution >= 0.6 is 23.2 Å². The Bertz CT molecular complexity index is 639. The van der Waals surface area contributed by atoms with Gasteiger partial charge in [-0.3, -0.25) is 4.79 Å². The molecule has 122 valence electrons. The second-order valence-corrected chi connectivity index (χ2v) is 6.51. The molecule has 0 aliphatic carbocycles. The maximum atomic E-state index is 12.1. The van der Waals surface area contributed by atoms with Crippen molar-refractivity contribution in [2.45, 2.75) is 12.5 Å². The molecule has 0 spiro atoms. The molecular formula is C18H20Cl2N2O. The standard InChI is InChI=1S/C18H20Cl2N2O/c1-22(2)17(14-5-9-16(20)10-6-14)12-21-18(23)11-13-3-7-15(19)8-4-13/h3-10,17H,11-12H2,1-2H3,(H,21,23). The van der Waals surface area contributed by atoms with Gasteiger partial charge in [-0.15, -0.1) is 0 Å². The Balaban J connectivity index is 1.94. The number of nitrogens with zero attached hydrogens (tertiary/aromatic N) is 1. The van der Waals surface area contributed by atoms with Crippen LogP contribution in [0, 0.1) is 0 Å². The van der Waals surface area contributed by atoms with E-state index in [9.17, 15) is 4.79 Å². The molecule has 0 aromatic heterocycles. The van der Waals surface area contributed by atoms with Crippen LogP contribution in [0.2, 0.25) is 10.0 Å². The van der Waals surface area contributed by atoms with Crippen molar-refractivity contribution in [1.82, 2.24) is 10.2 Å². The van der Waals surface area contributed by atoms with E-state index in [0.717, 1.165) is 11.1 Å². The van der Waals surface area contributed by atoms with E-state index < -0.39 is 0 Å². The summed E-state index contributed by atoms with van der Waals surface area (Å²) in [5.41, 5.74) is 2.06. The van der Waals surface area contributed by atoms with Gasteiger partial charge in [-0.2, -0.15) is 0 Å². The van der Waals surface area contributed by atoms with Crippen LogP contribution in [0.4, 0.5) is 0 Å². The summed E-state index contributed by atoms with van der Waals surface area (Å²) in [4.78, 5) is 14.2. The predicted molar refractivity (Wildman–Crippen MR) is 96.0 cm³/mol. The average molecular weight is 351 g/mol. The number of carbonyl (C=O) groups is 1. The summed E-state index contributed by atoms with van der Waals surface area (Å²) in [6.45, 7) is 0.543. The number of halogens is 2. The first-order valence-electron chi connectivity index (χ1n) is 7.39. The minimum Gasteiger partial charge on any atom is -0.354 e. The Morgan fingerprint density at radius 1 is 1.00 bits per heavy atom. The molecule has 0 aliphatic heterocycles. The molecule has 0 saturated carbocycles. The van der Waals surface area contributed by atoms with Gasteiger partial charge in [0.1, 0.15) is 0 Å². The fourth-order valence-electron chi connectivity index (χ4n) is 2.34. The molecule has 0 saturated heterocycles. The lowest BCUT2D eigenvalue weighted by atomic mass is 10.1. The molecule has 2 aromatic rings. The first-order chi connectivity index (χ1) is 11.0. The average Bonchev–Trinajstić information content (AvgIpc) is 2.51. The number of hydrogen-bond donors (Lipinski definition) is 1. The lowest BCUT2D eigenvalue weighted by Gasteiger charge is -2.25. The molecule has 0 radical (unpaired) electrons. The SMILES string of the molecule is CN(C)C(CNC(=O)Cc1ccc(Cl)cc1)c1ccc(Cl)cc1. The Morgan fingerprint density at radius 3 is 2.04 bits per heavy atom. The van der Waals surface area contributed by atoms with Crippen LogP contribution in [0.3, 0.4) is 0 Å². The largest absolute Gasteiger partial charge is 0.354 e. The fraction of sp³-hybridized carbons (Fsp3) is 0.278. The molecule has 2 rings (SSSR count). The summed E-state index contributed by atoms with van der Waals surface area (Å²) in [5, 5.41) is 4.37. The topological polar surface area (TPSA) is 32.3 Å². The van der Waals surface area contributed by atoms with E-state index in [-0.39, 0.29) is 11.9 Å². The van der Waals surface area contributed by atoms with Crippen molar-refractivity contribution in [1.29, 1.82) is 0 Å². The molecule has 1 amide bonds. The van der Waals surface area contributed by atoms with Crippen LogP contribution in [-0.2, 0) is 11.2 Å². The fourth-order valence-corrected chi connectivity index (χ4v) is 2.60. The third kappa shape index (κ3) is 5.54. The van der Waals surface area contributed by atoms with Crippen molar-refractivity contribution in [2.24, 2.45) is 0 Å². The molecule has 0 aliphatic rings. The maximum absolute atomic E-state index is 12.1. The zero-order valence-corrected chi connectivity index (χ0v) is 14.7. The minimum atomic E-state index is -0.00636. The third-order valence-electron chi connectivity index (χ3n) is 3.65. The van der Waals surface area contributed by atoms with Crippen molar-refractivity contribution < 1.29 is 4.79 Å². The molecule has 0 fully saturated rings. The Hall–Kier alpha value is -1.55. The lowest BCUT2D eigenvalue weighted by Crippen LogP contribution is -2.35. The van der Waals surface area contributed by atoms with Gasteiger partial charge < -0.3 is 10.2 Å². The molecule has 1 N–H and O–H groups in total. The van der Waals surface area contributed by atoms with Crippen LogP contribution in [0.1, 0.15) is 17.2 Å². The zero-order chi connectivity index (χ0) is 16.8. The Kier molecular flexibility index (Phi) is 6.46. The van der Waals surface area contributed by atoms with Crippen LogP contribution in [-0.4, -0.2) is 31.4 Å². The van der Waals surface area contributed by atoms with Gasteiger partial charge in [0.25, 0.3) is 0 Å². The van der Waals surface area contributed by atoms with Gasteiger partial charge in [0.05, 0.1) is 12.5 Å². The minimum absolute atomic E-state index is 0.00636. The summed E-state index contributed by atoms with van der Waals surface area (Å²) in [5.74, 6) is -0.00636. The molecule has 1 unspecified atom stereocenters. The van der Waals surface area contributed by atoms with E-state index >= 15 is 0 Å². The molecule has 23 heavy (non-hydrogen) atoms. The third-order valence-corrected chi connectivity index (χ3v) is 4.15. The highest BCUT2D eigenvalue weighted by Gasteiger charge is 2.15. The highest BCUT2D eigenvalue weighted by molar-refractivity contribution is 6.30. The number of nitrogens with one attached hydrogen (secondary N) is 1. The maximum Gasteiger partial charge on any atom is 0.224 e. The molecule has 2 aromatic carbocycles. The highest BCUT2D eigenvalue weighted by atomic mass is 35.5. The summed E-state index contributed by atoms with van der Waals surface area (Å²) >= 11 is 11.8. The van der Waals surface area contributed by atoms with Gasteiger partial charge in [0.15, 0.2) is 0 Å². The van der Waals surface area contributed by atoms with Crippen LogP contribution in [0.25, 0.3) is 0 Å². The van der Waals surface area contributed by atoms with Crippen molar-refractivity contribution in [3.05, 3.63) is 69.7 Å². The van der Waals surface area contributed by atoms with Gasteiger partial charge in [0.2, 0.25) is 5.91 Å². The number of hydrogen-bond acceptors (Lipinski definition) is 2. The molecule has 3 nitrogen and oxygen atoms in total. The monoisotopic (exact) mass is 350 g/mol.